The highest BCUT2D eigenvalue weighted by atomic mass is 16.5. The first kappa shape index (κ1) is 14.1. The van der Waals surface area contributed by atoms with Crippen molar-refractivity contribution in [1.82, 2.24) is 10.3 Å². The number of hydrogen-bond acceptors (Lipinski definition) is 3. The third kappa shape index (κ3) is 3.08. The van der Waals surface area contributed by atoms with E-state index in [1.165, 1.54) is 23.1 Å². The molecule has 3 nitrogen and oxygen atoms in total. The van der Waals surface area contributed by atoms with E-state index in [1.807, 2.05) is 25.4 Å². The van der Waals surface area contributed by atoms with E-state index >= 15 is 0 Å². The van der Waals surface area contributed by atoms with E-state index in [0.717, 1.165) is 18.7 Å². The molecule has 2 atom stereocenters. The van der Waals surface area contributed by atoms with Gasteiger partial charge in [-0.1, -0.05) is 24.3 Å². The summed E-state index contributed by atoms with van der Waals surface area (Å²) in [5, 5.41) is 3.24. The maximum Gasteiger partial charge on any atom is 0.214 e. The second kappa shape index (κ2) is 6.27. The maximum atomic E-state index is 6.18. The van der Waals surface area contributed by atoms with Gasteiger partial charge >= 0.3 is 0 Å². The number of ether oxygens (including phenoxy) is 1. The summed E-state index contributed by atoms with van der Waals surface area (Å²) >= 11 is 0. The Bertz CT molecular complexity index is 612. The summed E-state index contributed by atoms with van der Waals surface area (Å²) < 4.78 is 6.18. The number of benzene rings is 1. The van der Waals surface area contributed by atoms with Gasteiger partial charge in [-0.05, 0) is 56.0 Å². The molecule has 2 unspecified atom stereocenters. The van der Waals surface area contributed by atoms with Crippen molar-refractivity contribution in [2.45, 2.75) is 38.3 Å². The first-order valence-corrected chi connectivity index (χ1v) is 7.65. The molecule has 0 amide bonds. The first-order valence-electron chi connectivity index (χ1n) is 7.65. The van der Waals surface area contributed by atoms with Crippen molar-refractivity contribution in [3.63, 3.8) is 0 Å². The molecule has 0 saturated heterocycles. The summed E-state index contributed by atoms with van der Waals surface area (Å²) in [5.74, 6) is 0.719. The lowest BCUT2D eigenvalue weighted by molar-refractivity contribution is 0.175. The molecular formula is C18H22N2O. The minimum Gasteiger partial charge on any atom is -0.469 e. The number of nitrogens with one attached hydrogen (secondary N) is 1. The topological polar surface area (TPSA) is 34.2 Å². The van der Waals surface area contributed by atoms with Crippen molar-refractivity contribution in [3.05, 3.63) is 59.3 Å². The van der Waals surface area contributed by atoms with Crippen molar-refractivity contribution in [3.8, 4) is 5.88 Å². The average molecular weight is 282 g/mol. The Hall–Kier alpha value is -1.87. The summed E-state index contributed by atoms with van der Waals surface area (Å²) in [6.07, 6.45) is 5.34. The number of rotatable bonds is 4. The zero-order valence-electron chi connectivity index (χ0n) is 12.7. The van der Waals surface area contributed by atoms with Crippen LogP contribution in [-0.2, 0) is 6.42 Å². The molecule has 1 aromatic carbocycles. The van der Waals surface area contributed by atoms with Crippen LogP contribution < -0.4 is 10.1 Å². The molecule has 1 heterocycles. The van der Waals surface area contributed by atoms with Crippen molar-refractivity contribution >= 4 is 0 Å². The number of pyridine rings is 1. The van der Waals surface area contributed by atoms with Crippen molar-refractivity contribution in [2.24, 2.45) is 0 Å². The maximum absolute atomic E-state index is 6.18. The summed E-state index contributed by atoms with van der Waals surface area (Å²) in [6.45, 7) is 2.13. The summed E-state index contributed by atoms with van der Waals surface area (Å²) in [6, 6.07) is 13.0. The Labute approximate surface area is 126 Å². The first-order chi connectivity index (χ1) is 10.3. The molecular weight excluding hydrogens is 260 g/mol. The Morgan fingerprint density at radius 2 is 2.14 bits per heavy atom. The van der Waals surface area contributed by atoms with Gasteiger partial charge in [-0.15, -0.1) is 0 Å². The molecule has 3 rings (SSSR count). The zero-order chi connectivity index (χ0) is 14.7. The molecule has 1 N–H and O–H groups in total. The van der Waals surface area contributed by atoms with Crippen LogP contribution >= 0.6 is 0 Å². The largest absolute Gasteiger partial charge is 0.469 e. The number of aryl methyl sites for hydroxylation is 1. The van der Waals surface area contributed by atoms with E-state index in [1.54, 1.807) is 0 Å². The van der Waals surface area contributed by atoms with Crippen LogP contribution in [-0.4, -0.2) is 12.0 Å². The quantitative estimate of drug-likeness (QED) is 0.925. The van der Waals surface area contributed by atoms with E-state index in [9.17, 15) is 0 Å². The molecule has 2 aromatic rings. The van der Waals surface area contributed by atoms with E-state index < -0.39 is 0 Å². The molecule has 0 saturated carbocycles. The highest BCUT2D eigenvalue weighted by molar-refractivity contribution is 5.32. The Morgan fingerprint density at radius 3 is 3.00 bits per heavy atom. The molecule has 0 bridgehead atoms. The smallest absolute Gasteiger partial charge is 0.214 e. The molecule has 3 heteroatoms. The van der Waals surface area contributed by atoms with Crippen LogP contribution in [0.3, 0.4) is 0 Å². The number of hydrogen-bond donors (Lipinski definition) is 1. The fourth-order valence-corrected chi connectivity index (χ4v) is 2.90. The lowest BCUT2D eigenvalue weighted by atomic mass is 9.89. The monoisotopic (exact) mass is 282 g/mol. The van der Waals surface area contributed by atoms with Gasteiger partial charge in [0.2, 0.25) is 5.88 Å². The second-order valence-corrected chi connectivity index (χ2v) is 5.64. The van der Waals surface area contributed by atoms with Crippen LogP contribution in [0.4, 0.5) is 0 Å². The highest BCUT2D eigenvalue weighted by Crippen LogP contribution is 2.33. The van der Waals surface area contributed by atoms with Crippen LogP contribution in [0.15, 0.2) is 42.6 Å². The van der Waals surface area contributed by atoms with E-state index in [2.05, 4.69) is 41.5 Å². The Kier molecular flexibility index (Phi) is 4.20. The van der Waals surface area contributed by atoms with E-state index in [4.69, 9.17) is 4.74 Å². The van der Waals surface area contributed by atoms with Gasteiger partial charge in [0.25, 0.3) is 0 Å². The predicted octanol–water partition coefficient (Wildman–Crippen LogP) is 3.82. The van der Waals surface area contributed by atoms with E-state index in [-0.39, 0.29) is 6.10 Å². The second-order valence-electron chi connectivity index (χ2n) is 5.64. The summed E-state index contributed by atoms with van der Waals surface area (Å²) in [4.78, 5) is 4.37. The highest BCUT2D eigenvalue weighted by Gasteiger charge is 2.21. The minimum atomic E-state index is 0.127. The number of fused-ring (bicyclic) bond motifs is 1. The lowest BCUT2D eigenvalue weighted by Gasteiger charge is -2.26. The van der Waals surface area contributed by atoms with Gasteiger partial charge in [-0.25, -0.2) is 4.98 Å². The SMILES string of the molecule is CNC(C)c1ccnc(OC2CCCc3ccccc32)c1. The van der Waals surface area contributed by atoms with Gasteiger partial charge in [0.05, 0.1) is 0 Å². The van der Waals surface area contributed by atoms with Crippen LogP contribution in [0.2, 0.25) is 0 Å². The molecule has 0 aliphatic heterocycles. The molecule has 1 aliphatic carbocycles. The van der Waals surface area contributed by atoms with Crippen molar-refractivity contribution in [2.75, 3.05) is 7.05 Å². The number of aromatic nitrogens is 1. The van der Waals surface area contributed by atoms with Gasteiger partial charge in [0, 0.05) is 18.3 Å². The van der Waals surface area contributed by atoms with Gasteiger partial charge in [0.15, 0.2) is 0 Å². The van der Waals surface area contributed by atoms with Gasteiger partial charge < -0.3 is 10.1 Å². The normalized spacial score (nSPS) is 18.9. The predicted molar refractivity (Wildman–Crippen MR) is 84.5 cm³/mol. The van der Waals surface area contributed by atoms with Crippen molar-refractivity contribution in [1.29, 1.82) is 0 Å². The van der Waals surface area contributed by atoms with Gasteiger partial charge in [-0.2, -0.15) is 0 Å². The molecule has 0 spiro atoms. The lowest BCUT2D eigenvalue weighted by Crippen LogP contribution is -2.16. The molecule has 110 valence electrons. The van der Waals surface area contributed by atoms with E-state index in [0.29, 0.717) is 6.04 Å². The summed E-state index contributed by atoms with van der Waals surface area (Å²) in [7, 11) is 1.96. The average Bonchev–Trinajstić information content (AvgIpc) is 2.55. The third-order valence-electron chi connectivity index (χ3n) is 4.27. The fraction of sp³-hybridized carbons (Fsp3) is 0.389. The van der Waals surface area contributed by atoms with Gasteiger partial charge in [0.1, 0.15) is 6.10 Å². The fourth-order valence-electron chi connectivity index (χ4n) is 2.90. The van der Waals surface area contributed by atoms with Gasteiger partial charge in [-0.3, -0.25) is 0 Å². The zero-order valence-corrected chi connectivity index (χ0v) is 12.7. The molecule has 21 heavy (non-hydrogen) atoms. The summed E-state index contributed by atoms with van der Waals surface area (Å²) in [5.41, 5.74) is 3.93. The van der Waals surface area contributed by atoms with Crippen LogP contribution in [0.5, 0.6) is 5.88 Å². The third-order valence-corrected chi connectivity index (χ3v) is 4.27. The van der Waals surface area contributed by atoms with Crippen LogP contribution in [0.25, 0.3) is 0 Å². The Morgan fingerprint density at radius 1 is 1.29 bits per heavy atom. The number of nitrogens with zero attached hydrogens (tertiary/aromatic N) is 1. The van der Waals surface area contributed by atoms with Crippen LogP contribution in [0.1, 0.15) is 48.6 Å². The van der Waals surface area contributed by atoms with Crippen LogP contribution in [0, 0.1) is 0 Å². The molecule has 0 fully saturated rings. The molecule has 1 aromatic heterocycles. The molecule has 1 aliphatic rings. The molecule has 0 radical (unpaired) electrons. The minimum absolute atomic E-state index is 0.127. The Balaban J connectivity index is 1.82. The standard InChI is InChI=1S/C18H22N2O/c1-13(19-2)15-10-11-20-18(12-15)21-17-9-5-7-14-6-3-4-8-16(14)17/h3-4,6,8,10-13,17,19H,5,7,9H2,1-2H3. The van der Waals surface area contributed by atoms with Crippen molar-refractivity contribution < 1.29 is 4.74 Å².